The molecular weight excluding hydrogens is 438 g/mol. The predicted octanol–water partition coefficient (Wildman–Crippen LogP) is 3.97. The van der Waals surface area contributed by atoms with E-state index in [0.717, 1.165) is 47.6 Å². The van der Waals surface area contributed by atoms with Crippen molar-refractivity contribution < 1.29 is 5.11 Å². The van der Waals surface area contributed by atoms with Crippen LogP contribution in [0, 0.1) is 13.8 Å². The van der Waals surface area contributed by atoms with Gasteiger partial charge in [0.05, 0.1) is 11.4 Å². The zero-order chi connectivity index (χ0) is 24.9. The number of aryl methyl sites for hydroxylation is 2. The van der Waals surface area contributed by atoms with Gasteiger partial charge in [0.1, 0.15) is 17.6 Å². The largest absolute Gasteiger partial charge is 0.387 e. The van der Waals surface area contributed by atoms with E-state index in [9.17, 15) is 5.11 Å². The lowest BCUT2D eigenvalue weighted by atomic mass is 9.94. The highest BCUT2D eigenvalue weighted by Crippen LogP contribution is 2.40. The maximum atomic E-state index is 11.1. The lowest BCUT2D eigenvalue weighted by Gasteiger charge is -2.37. The maximum Gasteiger partial charge on any atom is 0.153 e. The summed E-state index contributed by atoms with van der Waals surface area (Å²) >= 11 is 0. The van der Waals surface area contributed by atoms with Crippen molar-refractivity contribution in [2.24, 2.45) is 16.8 Å². The second kappa shape index (κ2) is 10.8. The van der Waals surface area contributed by atoms with E-state index in [2.05, 4.69) is 77.8 Å². The van der Waals surface area contributed by atoms with Crippen LogP contribution in [0.15, 0.2) is 53.6 Å². The number of hydrogen-bond acceptors (Lipinski definition) is 7. The number of aliphatic hydroxyl groups excluding tert-OH is 1. The van der Waals surface area contributed by atoms with Crippen LogP contribution in [0.4, 0.5) is 5.82 Å². The number of aromatic nitrogens is 2. The van der Waals surface area contributed by atoms with Crippen molar-refractivity contribution >= 4 is 11.7 Å². The van der Waals surface area contributed by atoms with Gasteiger partial charge < -0.3 is 21.3 Å². The van der Waals surface area contributed by atoms with Gasteiger partial charge in [-0.1, -0.05) is 66.1 Å². The van der Waals surface area contributed by atoms with Crippen LogP contribution in [-0.4, -0.2) is 34.0 Å². The van der Waals surface area contributed by atoms with Crippen LogP contribution in [-0.2, 0) is 0 Å². The molecule has 0 spiro atoms. The third kappa shape index (κ3) is 5.44. The second-order valence-corrected chi connectivity index (χ2v) is 9.34. The van der Waals surface area contributed by atoms with Gasteiger partial charge in [0.15, 0.2) is 5.82 Å². The van der Waals surface area contributed by atoms with Crippen molar-refractivity contribution in [3.05, 3.63) is 65.4 Å². The van der Waals surface area contributed by atoms with E-state index in [-0.39, 0.29) is 6.04 Å². The minimum absolute atomic E-state index is 0.159. The van der Waals surface area contributed by atoms with Crippen LogP contribution >= 0.6 is 0 Å². The highest BCUT2D eigenvalue weighted by molar-refractivity contribution is 5.81. The molecule has 184 valence electrons. The van der Waals surface area contributed by atoms with Crippen LogP contribution in [0.5, 0.6) is 0 Å². The number of nitrogens with one attached hydrogen (secondary N) is 1. The molecule has 35 heavy (non-hydrogen) atoms. The Bertz CT molecular complexity index is 1180. The van der Waals surface area contributed by atoms with Crippen LogP contribution in [0.3, 0.4) is 0 Å². The van der Waals surface area contributed by atoms with E-state index in [1.807, 2.05) is 7.05 Å². The molecule has 3 aromatic rings. The number of rotatable bonds is 7. The molecule has 1 aromatic heterocycles. The molecule has 0 fully saturated rings. The summed E-state index contributed by atoms with van der Waals surface area (Å²) in [4.78, 5) is 12.3. The van der Waals surface area contributed by atoms with Crippen molar-refractivity contribution in [3.8, 4) is 22.5 Å². The van der Waals surface area contributed by atoms with Gasteiger partial charge in [-0.25, -0.2) is 15.8 Å². The average molecular weight is 474 g/mol. The first-order valence-electron chi connectivity index (χ1n) is 12.1. The van der Waals surface area contributed by atoms with Crippen molar-refractivity contribution in [3.63, 3.8) is 0 Å². The average Bonchev–Trinajstić information content (AvgIpc) is 2.87. The molecule has 2 heterocycles. The Hall–Kier alpha value is -3.49. The Kier molecular flexibility index (Phi) is 7.63. The molecule has 4 rings (SSSR count). The third-order valence-corrected chi connectivity index (χ3v) is 6.77. The summed E-state index contributed by atoms with van der Waals surface area (Å²) in [6.07, 6.45) is 3.41. The molecule has 0 amide bonds. The zero-order valence-corrected chi connectivity index (χ0v) is 20.7. The number of anilines is 1. The molecule has 0 radical (unpaired) electrons. The third-order valence-electron chi connectivity index (χ3n) is 6.77. The molecule has 8 heteroatoms. The number of hydrogen-bond donors (Lipinski definition) is 4. The normalized spacial score (nSPS) is 17.9. The van der Waals surface area contributed by atoms with E-state index in [0.29, 0.717) is 24.4 Å². The minimum Gasteiger partial charge on any atom is -0.387 e. The lowest BCUT2D eigenvalue weighted by Crippen LogP contribution is -2.39. The molecule has 0 saturated heterocycles. The highest BCUT2D eigenvalue weighted by atomic mass is 16.3. The van der Waals surface area contributed by atoms with Gasteiger partial charge in [-0.05, 0) is 33.1 Å². The molecule has 1 aliphatic rings. The number of nitrogens with two attached hydrogens (primary N) is 2. The quantitative estimate of drug-likeness (QED) is 0.134. The van der Waals surface area contributed by atoms with E-state index < -0.39 is 6.10 Å². The molecule has 2 aromatic carbocycles. The highest BCUT2D eigenvalue weighted by Gasteiger charge is 2.33. The number of hydrazone groups is 1. The first-order chi connectivity index (χ1) is 16.9. The van der Waals surface area contributed by atoms with Crippen molar-refractivity contribution in [2.75, 3.05) is 11.9 Å². The van der Waals surface area contributed by atoms with Crippen LogP contribution in [0.2, 0.25) is 0 Å². The molecule has 0 aliphatic carbocycles. The summed E-state index contributed by atoms with van der Waals surface area (Å²) in [7, 11) is 2.04. The van der Waals surface area contributed by atoms with Gasteiger partial charge in [0.2, 0.25) is 0 Å². The number of aliphatic hydroxyl groups is 1. The van der Waals surface area contributed by atoms with Gasteiger partial charge in [-0.3, -0.25) is 0 Å². The van der Waals surface area contributed by atoms with E-state index >= 15 is 0 Å². The first kappa shape index (κ1) is 24.6. The fraction of sp³-hybridized carbons (Fsp3) is 0.370. The Morgan fingerprint density at radius 2 is 1.57 bits per heavy atom. The lowest BCUT2D eigenvalue weighted by molar-refractivity contribution is 0.142. The summed E-state index contributed by atoms with van der Waals surface area (Å²) in [5, 5.41) is 14.7. The SMILES string of the molecule is Cc1ccc(-c2nc3c(nc2-c2ccc(C)cc2)N(C)C(CCCC/C(=N/N)NN)CC3O)cc1. The van der Waals surface area contributed by atoms with Gasteiger partial charge in [0, 0.05) is 30.6 Å². The fourth-order valence-corrected chi connectivity index (χ4v) is 4.61. The van der Waals surface area contributed by atoms with Gasteiger partial charge in [0.25, 0.3) is 0 Å². The smallest absolute Gasteiger partial charge is 0.153 e. The van der Waals surface area contributed by atoms with Crippen LogP contribution in [0.25, 0.3) is 22.5 Å². The summed E-state index contributed by atoms with van der Waals surface area (Å²) in [6.45, 7) is 4.14. The Labute approximate surface area is 207 Å². The molecule has 2 atom stereocenters. The van der Waals surface area contributed by atoms with Gasteiger partial charge in [-0.15, -0.1) is 0 Å². The summed E-state index contributed by atoms with van der Waals surface area (Å²) in [5.41, 5.74) is 9.16. The fourth-order valence-electron chi connectivity index (χ4n) is 4.61. The zero-order valence-electron chi connectivity index (χ0n) is 20.7. The standard InChI is InChI=1S/C27H35N7O/c1-17-8-12-19(13-9-17)24-25(20-14-10-18(2)11-15-20)31-27-26(30-24)22(35)16-21(34(27)3)6-4-5-7-23(32-28)33-29/h8-15,21-22,35H,4-7,16,28-29H2,1-3H3,(H,32,33). The van der Waals surface area contributed by atoms with Gasteiger partial charge in [-0.2, -0.15) is 5.10 Å². The molecule has 8 nitrogen and oxygen atoms in total. The summed E-state index contributed by atoms with van der Waals surface area (Å²) in [5.74, 6) is 12.1. The van der Waals surface area contributed by atoms with Crippen molar-refractivity contribution in [1.29, 1.82) is 0 Å². The number of fused-ring (bicyclic) bond motifs is 1. The number of benzene rings is 2. The number of hydrazine groups is 1. The first-order valence-corrected chi connectivity index (χ1v) is 12.1. The Morgan fingerprint density at radius 1 is 1.00 bits per heavy atom. The second-order valence-electron chi connectivity index (χ2n) is 9.34. The molecule has 1 aliphatic heterocycles. The Morgan fingerprint density at radius 3 is 2.11 bits per heavy atom. The monoisotopic (exact) mass is 473 g/mol. The molecule has 0 saturated carbocycles. The topological polar surface area (TPSA) is 126 Å². The molecule has 2 unspecified atom stereocenters. The summed E-state index contributed by atoms with van der Waals surface area (Å²) in [6, 6.07) is 16.8. The number of unbranched alkanes of at least 4 members (excludes halogenated alkanes) is 1. The van der Waals surface area contributed by atoms with E-state index in [1.165, 1.54) is 11.1 Å². The maximum absolute atomic E-state index is 11.1. The Balaban J connectivity index is 1.67. The van der Waals surface area contributed by atoms with E-state index in [1.54, 1.807) is 0 Å². The van der Waals surface area contributed by atoms with Crippen molar-refractivity contribution in [1.82, 2.24) is 15.4 Å². The summed E-state index contributed by atoms with van der Waals surface area (Å²) < 4.78 is 0. The van der Waals surface area contributed by atoms with E-state index in [4.69, 9.17) is 21.7 Å². The molecule has 0 bridgehead atoms. The molecular formula is C27H35N7O. The minimum atomic E-state index is -0.665. The van der Waals surface area contributed by atoms with Crippen molar-refractivity contribution in [2.45, 2.75) is 58.1 Å². The predicted molar refractivity (Wildman–Crippen MR) is 142 cm³/mol. The number of nitrogens with zero attached hydrogens (tertiary/aromatic N) is 4. The number of amidine groups is 1. The molecule has 6 N–H and O–H groups in total. The van der Waals surface area contributed by atoms with Crippen LogP contribution < -0.4 is 22.0 Å². The van der Waals surface area contributed by atoms with Gasteiger partial charge >= 0.3 is 0 Å². The van der Waals surface area contributed by atoms with Crippen LogP contribution in [0.1, 0.15) is 55.0 Å².